The first-order valence-corrected chi connectivity index (χ1v) is 6.39. The van der Waals surface area contributed by atoms with Crippen molar-refractivity contribution >= 4 is 11.9 Å². The number of nitrogens with zero attached hydrogens (tertiary/aromatic N) is 1. The largest absolute Gasteiger partial charge is 0.481 e. The minimum atomic E-state index is -3.04. The molecule has 0 saturated heterocycles. The van der Waals surface area contributed by atoms with Crippen LogP contribution in [0.2, 0.25) is 0 Å². The van der Waals surface area contributed by atoms with Gasteiger partial charge in [-0.2, -0.15) is 8.78 Å². The van der Waals surface area contributed by atoms with Crippen molar-refractivity contribution in [2.24, 2.45) is 0 Å². The molecule has 0 unspecified atom stereocenters. The molecule has 0 atom stereocenters. The van der Waals surface area contributed by atoms with Gasteiger partial charge in [0.15, 0.2) is 0 Å². The van der Waals surface area contributed by atoms with E-state index in [-0.39, 0.29) is 30.3 Å². The fraction of sp³-hybridized carbons (Fsp3) is 0.429. The molecule has 1 rings (SSSR count). The first-order valence-electron chi connectivity index (χ1n) is 6.39. The fourth-order valence-corrected chi connectivity index (χ4v) is 1.81. The number of rotatable bonds is 7. The molecule has 21 heavy (non-hydrogen) atoms. The van der Waals surface area contributed by atoms with E-state index in [1.165, 1.54) is 29.2 Å². The summed E-state index contributed by atoms with van der Waals surface area (Å²) in [5, 5.41) is 8.71. The van der Waals surface area contributed by atoms with Crippen LogP contribution >= 0.6 is 0 Å². The number of aliphatic carboxylic acids is 1. The Hall–Kier alpha value is -2.18. The van der Waals surface area contributed by atoms with Gasteiger partial charge in [0.05, 0.1) is 12.0 Å². The Bertz CT molecular complexity index is 506. The number of hydrogen-bond donors (Lipinski definition) is 1. The highest BCUT2D eigenvalue weighted by Crippen LogP contribution is 2.22. The van der Waals surface area contributed by atoms with Crippen molar-refractivity contribution < 1.29 is 28.2 Å². The number of alkyl halides is 2. The Labute approximate surface area is 121 Å². The molecule has 7 heteroatoms. The van der Waals surface area contributed by atoms with Gasteiger partial charge in [-0.15, -0.1) is 0 Å². The average Bonchev–Trinajstić information content (AvgIpc) is 2.37. The van der Waals surface area contributed by atoms with Crippen LogP contribution in [0.25, 0.3) is 0 Å². The summed E-state index contributed by atoms with van der Waals surface area (Å²) in [6.45, 7) is 0.395. The molecular weight excluding hydrogens is 284 g/mol. The van der Waals surface area contributed by atoms with Crippen LogP contribution in [0.1, 0.15) is 30.6 Å². The average molecular weight is 301 g/mol. The number of amides is 1. The normalized spacial score (nSPS) is 10.8. The van der Waals surface area contributed by atoms with Crippen LogP contribution in [0.4, 0.5) is 8.78 Å². The van der Waals surface area contributed by atoms with E-state index in [1.54, 1.807) is 13.8 Å². The zero-order valence-corrected chi connectivity index (χ0v) is 11.8. The second kappa shape index (κ2) is 7.56. The molecule has 5 nitrogen and oxygen atoms in total. The summed E-state index contributed by atoms with van der Waals surface area (Å²) >= 11 is 0. The number of carboxylic acids is 1. The first-order chi connectivity index (χ1) is 9.82. The summed E-state index contributed by atoms with van der Waals surface area (Å²) in [4.78, 5) is 24.4. The Balaban J connectivity index is 3.00. The van der Waals surface area contributed by atoms with Gasteiger partial charge in [0, 0.05) is 12.6 Å². The quantitative estimate of drug-likeness (QED) is 0.840. The molecule has 0 heterocycles. The molecule has 0 aliphatic heterocycles. The van der Waals surface area contributed by atoms with Crippen LogP contribution in [0.3, 0.4) is 0 Å². The summed E-state index contributed by atoms with van der Waals surface area (Å²) in [7, 11) is 0. The van der Waals surface area contributed by atoms with E-state index in [0.29, 0.717) is 0 Å². The second-order valence-corrected chi connectivity index (χ2v) is 4.61. The molecule has 1 N–H and O–H groups in total. The molecule has 0 radical (unpaired) electrons. The predicted octanol–water partition coefficient (Wildman–Crippen LogP) is 2.61. The van der Waals surface area contributed by atoms with Crippen molar-refractivity contribution in [1.82, 2.24) is 4.90 Å². The minimum absolute atomic E-state index is 0.00511. The van der Waals surface area contributed by atoms with Crippen molar-refractivity contribution in [2.75, 3.05) is 6.54 Å². The molecule has 0 saturated carbocycles. The van der Waals surface area contributed by atoms with Gasteiger partial charge in [0.1, 0.15) is 5.75 Å². The van der Waals surface area contributed by atoms with Crippen LogP contribution < -0.4 is 4.74 Å². The molecule has 1 aromatic carbocycles. The van der Waals surface area contributed by atoms with Crippen LogP contribution in [-0.2, 0) is 4.79 Å². The number of carboxylic acid groups (broad SMARTS) is 1. The van der Waals surface area contributed by atoms with Gasteiger partial charge in [-0.25, -0.2) is 0 Å². The van der Waals surface area contributed by atoms with Gasteiger partial charge in [-0.05, 0) is 26.0 Å². The van der Waals surface area contributed by atoms with E-state index in [9.17, 15) is 18.4 Å². The number of ether oxygens (including phenoxy) is 1. The molecule has 0 fully saturated rings. The number of halogens is 2. The lowest BCUT2D eigenvalue weighted by Crippen LogP contribution is -2.38. The van der Waals surface area contributed by atoms with E-state index in [1.807, 2.05) is 0 Å². The maximum Gasteiger partial charge on any atom is 0.387 e. The molecule has 0 aliphatic carbocycles. The summed E-state index contributed by atoms with van der Waals surface area (Å²) in [6.07, 6.45) is -0.220. The molecule has 0 aliphatic rings. The van der Waals surface area contributed by atoms with E-state index in [4.69, 9.17) is 5.11 Å². The van der Waals surface area contributed by atoms with Crippen LogP contribution in [0.15, 0.2) is 24.3 Å². The third-order valence-electron chi connectivity index (χ3n) is 2.78. The van der Waals surface area contributed by atoms with E-state index in [0.717, 1.165) is 0 Å². The zero-order valence-electron chi connectivity index (χ0n) is 11.8. The van der Waals surface area contributed by atoms with Gasteiger partial charge in [0.2, 0.25) is 0 Å². The molecule has 0 spiro atoms. The topological polar surface area (TPSA) is 66.8 Å². The maximum absolute atomic E-state index is 12.4. The van der Waals surface area contributed by atoms with Crippen LogP contribution in [-0.4, -0.2) is 41.1 Å². The number of carbonyl (C=O) groups is 2. The standard InChI is InChI=1S/C14H17F2NO4/c1-9(2)17(8-7-12(18)19)13(20)10-5-3-4-6-11(10)21-14(15)16/h3-6,9,14H,7-8H2,1-2H3,(H,18,19). The Morgan fingerprint density at radius 1 is 1.29 bits per heavy atom. The van der Waals surface area contributed by atoms with Crippen molar-refractivity contribution in [3.63, 3.8) is 0 Å². The van der Waals surface area contributed by atoms with Gasteiger partial charge in [0.25, 0.3) is 5.91 Å². The molecule has 1 aromatic rings. The molecule has 1 amide bonds. The highest BCUT2D eigenvalue weighted by molar-refractivity contribution is 5.97. The highest BCUT2D eigenvalue weighted by atomic mass is 19.3. The molecule has 0 aromatic heterocycles. The summed E-state index contributed by atoms with van der Waals surface area (Å²) in [5.74, 6) is -1.80. The van der Waals surface area contributed by atoms with Crippen LogP contribution in [0.5, 0.6) is 5.75 Å². The molecule has 116 valence electrons. The smallest absolute Gasteiger partial charge is 0.387 e. The van der Waals surface area contributed by atoms with Crippen molar-refractivity contribution in [3.8, 4) is 5.75 Å². The lowest BCUT2D eigenvalue weighted by atomic mass is 10.1. The lowest BCUT2D eigenvalue weighted by Gasteiger charge is -2.27. The van der Waals surface area contributed by atoms with Gasteiger partial charge in [-0.3, -0.25) is 9.59 Å². The van der Waals surface area contributed by atoms with Gasteiger partial charge < -0.3 is 14.7 Å². The second-order valence-electron chi connectivity index (χ2n) is 4.61. The predicted molar refractivity (Wildman–Crippen MR) is 71.5 cm³/mol. The lowest BCUT2D eigenvalue weighted by molar-refractivity contribution is -0.137. The SMILES string of the molecule is CC(C)N(CCC(=O)O)C(=O)c1ccccc1OC(F)F. The summed E-state index contributed by atoms with van der Waals surface area (Å²) in [5.41, 5.74) is -0.0168. The number of carbonyl (C=O) groups excluding carboxylic acids is 1. The minimum Gasteiger partial charge on any atom is -0.481 e. The van der Waals surface area contributed by atoms with Crippen molar-refractivity contribution in [1.29, 1.82) is 0 Å². The van der Waals surface area contributed by atoms with Crippen LogP contribution in [0, 0.1) is 0 Å². The van der Waals surface area contributed by atoms with E-state index in [2.05, 4.69) is 4.74 Å². The Morgan fingerprint density at radius 3 is 2.43 bits per heavy atom. The Kier molecular flexibility index (Phi) is 6.08. The fourth-order valence-electron chi connectivity index (χ4n) is 1.81. The third-order valence-corrected chi connectivity index (χ3v) is 2.78. The number of hydrogen-bond acceptors (Lipinski definition) is 3. The van der Waals surface area contributed by atoms with Gasteiger partial charge >= 0.3 is 12.6 Å². The Morgan fingerprint density at radius 2 is 1.90 bits per heavy atom. The van der Waals surface area contributed by atoms with E-state index < -0.39 is 18.5 Å². The van der Waals surface area contributed by atoms with Gasteiger partial charge in [-0.1, -0.05) is 12.1 Å². The zero-order chi connectivity index (χ0) is 16.0. The number of benzene rings is 1. The van der Waals surface area contributed by atoms with Crippen molar-refractivity contribution in [2.45, 2.75) is 32.9 Å². The summed E-state index contributed by atoms with van der Waals surface area (Å²) in [6, 6.07) is 5.38. The highest BCUT2D eigenvalue weighted by Gasteiger charge is 2.23. The summed E-state index contributed by atoms with van der Waals surface area (Å²) < 4.78 is 29.0. The molecule has 0 bridgehead atoms. The van der Waals surface area contributed by atoms with Crippen molar-refractivity contribution in [3.05, 3.63) is 29.8 Å². The van der Waals surface area contributed by atoms with E-state index >= 15 is 0 Å². The first kappa shape index (κ1) is 16.9. The number of para-hydroxylation sites is 1. The third kappa shape index (κ3) is 5.02. The molecular formula is C14H17F2NO4. The maximum atomic E-state index is 12.4. The monoisotopic (exact) mass is 301 g/mol.